The zero-order chi connectivity index (χ0) is 14.2. The highest BCUT2D eigenvalue weighted by molar-refractivity contribution is 7.92. The summed E-state index contributed by atoms with van der Waals surface area (Å²) in [6.45, 7) is 3.25. The molecule has 0 saturated heterocycles. The van der Waals surface area contributed by atoms with Crippen LogP contribution >= 0.6 is 23.2 Å². The molecule has 1 aromatic heterocycles. The van der Waals surface area contributed by atoms with Crippen molar-refractivity contribution in [1.82, 2.24) is 10.2 Å². The third kappa shape index (κ3) is 2.86. The van der Waals surface area contributed by atoms with Crippen LogP contribution in [0.15, 0.2) is 23.1 Å². The fourth-order valence-corrected chi connectivity index (χ4v) is 3.67. The minimum absolute atomic E-state index is 0.124. The summed E-state index contributed by atoms with van der Waals surface area (Å²) in [5, 5.41) is 7.16. The summed E-state index contributed by atoms with van der Waals surface area (Å²) in [5.74, 6) is 0. The molecule has 0 saturated carbocycles. The molecule has 0 aliphatic rings. The van der Waals surface area contributed by atoms with E-state index in [1.807, 2.05) is 0 Å². The van der Waals surface area contributed by atoms with Crippen LogP contribution < -0.4 is 4.72 Å². The molecule has 0 bridgehead atoms. The number of aromatic nitrogens is 2. The van der Waals surface area contributed by atoms with E-state index in [0.717, 1.165) is 0 Å². The average Bonchev–Trinajstić information content (AvgIpc) is 2.63. The topological polar surface area (TPSA) is 74.8 Å². The molecule has 2 N–H and O–H groups in total. The zero-order valence-corrected chi connectivity index (χ0v) is 12.5. The van der Waals surface area contributed by atoms with E-state index in [-0.39, 0.29) is 15.6 Å². The number of aryl methyl sites for hydroxylation is 2. The van der Waals surface area contributed by atoms with Crippen molar-refractivity contribution in [2.24, 2.45) is 0 Å². The summed E-state index contributed by atoms with van der Waals surface area (Å²) in [4.78, 5) is 0.124. The maximum atomic E-state index is 12.3. The van der Waals surface area contributed by atoms with E-state index in [4.69, 9.17) is 23.2 Å². The smallest absolute Gasteiger partial charge is 0.265 e. The Labute approximate surface area is 121 Å². The van der Waals surface area contributed by atoms with Crippen molar-refractivity contribution in [1.29, 1.82) is 0 Å². The van der Waals surface area contributed by atoms with E-state index in [1.165, 1.54) is 12.1 Å². The second-order valence-corrected chi connectivity index (χ2v) is 6.46. The monoisotopic (exact) mass is 319 g/mol. The number of anilines is 1. The SMILES string of the molecule is Cc1n[nH]c(C)c1S(=O)(=O)Nc1ccc(Cl)cc1Cl. The van der Waals surface area contributed by atoms with Gasteiger partial charge in [0.2, 0.25) is 0 Å². The lowest BCUT2D eigenvalue weighted by Crippen LogP contribution is -2.14. The van der Waals surface area contributed by atoms with Gasteiger partial charge in [-0.3, -0.25) is 9.82 Å². The second kappa shape index (κ2) is 5.03. The number of aromatic amines is 1. The molecule has 5 nitrogen and oxygen atoms in total. The molecule has 0 unspecified atom stereocenters. The fourth-order valence-electron chi connectivity index (χ4n) is 1.70. The van der Waals surface area contributed by atoms with Crippen LogP contribution in [0, 0.1) is 13.8 Å². The lowest BCUT2D eigenvalue weighted by Gasteiger charge is -2.09. The van der Waals surface area contributed by atoms with Gasteiger partial charge >= 0.3 is 0 Å². The van der Waals surface area contributed by atoms with Crippen molar-refractivity contribution < 1.29 is 8.42 Å². The van der Waals surface area contributed by atoms with Crippen molar-refractivity contribution in [3.8, 4) is 0 Å². The number of halogens is 2. The van der Waals surface area contributed by atoms with Crippen molar-refractivity contribution in [3.63, 3.8) is 0 Å². The second-order valence-electron chi connectivity index (χ2n) is 3.99. The van der Waals surface area contributed by atoms with Crippen LogP contribution in [0.4, 0.5) is 5.69 Å². The van der Waals surface area contributed by atoms with Crippen molar-refractivity contribution in [2.75, 3.05) is 4.72 Å². The number of benzene rings is 1. The van der Waals surface area contributed by atoms with Crippen LogP contribution in [-0.4, -0.2) is 18.6 Å². The van der Waals surface area contributed by atoms with Crippen LogP contribution in [0.2, 0.25) is 10.0 Å². The predicted molar refractivity (Wildman–Crippen MR) is 75.3 cm³/mol. The molecule has 0 radical (unpaired) electrons. The van der Waals surface area contributed by atoms with Gasteiger partial charge in [0.1, 0.15) is 4.90 Å². The third-order valence-electron chi connectivity index (χ3n) is 2.50. The molecular formula is C11H11Cl2N3O2S. The molecule has 1 heterocycles. The Bertz CT molecular complexity index is 706. The molecule has 1 aromatic carbocycles. The molecule has 0 amide bonds. The summed E-state index contributed by atoms with van der Waals surface area (Å²) in [6.07, 6.45) is 0. The van der Waals surface area contributed by atoms with Gasteiger partial charge in [0.05, 0.1) is 22.1 Å². The molecule has 2 rings (SSSR count). The van der Waals surface area contributed by atoms with Gasteiger partial charge in [-0.1, -0.05) is 23.2 Å². The van der Waals surface area contributed by atoms with Crippen molar-refractivity contribution >= 4 is 38.9 Å². The van der Waals surface area contributed by atoms with E-state index in [2.05, 4.69) is 14.9 Å². The summed E-state index contributed by atoms with van der Waals surface area (Å²) in [6, 6.07) is 4.53. The molecule has 19 heavy (non-hydrogen) atoms. The maximum Gasteiger partial charge on any atom is 0.265 e. The number of nitrogens with zero attached hydrogens (tertiary/aromatic N) is 1. The number of rotatable bonds is 3. The lowest BCUT2D eigenvalue weighted by molar-refractivity contribution is 0.600. The number of hydrogen-bond donors (Lipinski definition) is 2. The van der Waals surface area contributed by atoms with Gasteiger partial charge in [0, 0.05) is 5.02 Å². The van der Waals surface area contributed by atoms with Gasteiger partial charge in [0.15, 0.2) is 0 Å². The average molecular weight is 320 g/mol. The van der Waals surface area contributed by atoms with E-state index < -0.39 is 10.0 Å². The van der Waals surface area contributed by atoms with Crippen molar-refractivity contribution in [3.05, 3.63) is 39.6 Å². The first kappa shape index (κ1) is 14.2. The first-order valence-corrected chi connectivity index (χ1v) is 7.54. The Balaban J connectivity index is 2.42. The predicted octanol–water partition coefficient (Wildman–Crippen LogP) is 3.13. The lowest BCUT2D eigenvalue weighted by atomic mass is 10.3. The Morgan fingerprint density at radius 3 is 2.47 bits per heavy atom. The zero-order valence-electron chi connectivity index (χ0n) is 10.2. The summed E-state index contributed by atoms with van der Waals surface area (Å²) >= 11 is 11.7. The fraction of sp³-hybridized carbons (Fsp3) is 0.182. The number of hydrogen-bond acceptors (Lipinski definition) is 3. The minimum Gasteiger partial charge on any atom is -0.281 e. The quantitative estimate of drug-likeness (QED) is 0.912. The van der Waals surface area contributed by atoms with E-state index >= 15 is 0 Å². The van der Waals surface area contributed by atoms with Gasteiger partial charge in [-0.05, 0) is 32.0 Å². The Hall–Kier alpha value is -1.24. The Morgan fingerprint density at radius 1 is 1.26 bits per heavy atom. The molecule has 8 heteroatoms. The number of H-pyrrole nitrogens is 1. The normalized spacial score (nSPS) is 11.6. The molecule has 0 spiro atoms. The van der Waals surface area contributed by atoms with Gasteiger partial charge in [-0.15, -0.1) is 0 Å². The van der Waals surface area contributed by atoms with Gasteiger partial charge < -0.3 is 0 Å². The van der Waals surface area contributed by atoms with E-state index in [1.54, 1.807) is 19.9 Å². The van der Waals surface area contributed by atoms with Gasteiger partial charge in [0.25, 0.3) is 10.0 Å². The number of sulfonamides is 1. The molecule has 0 aliphatic carbocycles. The summed E-state index contributed by atoms with van der Waals surface area (Å²) in [5.41, 5.74) is 1.14. The molecule has 0 atom stereocenters. The molecule has 0 fully saturated rings. The summed E-state index contributed by atoms with van der Waals surface area (Å²) < 4.78 is 27.0. The molecular weight excluding hydrogens is 309 g/mol. The van der Waals surface area contributed by atoms with E-state index in [9.17, 15) is 8.42 Å². The van der Waals surface area contributed by atoms with Crippen LogP contribution in [0.3, 0.4) is 0 Å². The highest BCUT2D eigenvalue weighted by Crippen LogP contribution is 2.28. The van der Waals surface area contributed by atoms with Crippen LogP contribution in [0.5, 0.6) is 0 Å². The minimum atomic E-state index is -3.74. The molecule has 102 valence electrons. The molecule has 0 aliphatic heterocycles. The van der Waals surface area contributed by atoms with Gasteiger partial charge in [-0.25, -0.2) is 8.42 Å². The van der Waals surface area contributed by atoms with E-state index in [0.29, 0.717) is 16.4 Å². The highest BCUT2D eigenvalue weighted by atomic mass is 35.5. The highest BCUT2D eigenvalue weighted by Gasteiger charge is 2.23. The largest absolute Gasteiger partial charge is 0.281 e. The first-order chi connectivity index (χ1) is 8.81. The maximum absolute atomic E-state index is 12.3. The molecule has 2 aromatic rings. The van der Waals surface area contributed by atoms with Crippen LogP contribution in [-0.2, 0) is 10.0 Å². The van der Waals surface area contributed by atoms with Crippen molar-refractivity contribution in [2.45, 2.75) is 18.7 Å². The Kier molecular flexibility index (Phi) is 3.75. The standard InChI is InChI=1S/C11H11Cl2N3O2S/c1-6-11(7(2)15-14-6)19(17,18)16-10-4-3-8(12)5-9(10)13/h3-5,16H,1-2H3,(H,14,15). The first-order valence-electron chi connectivity index (χ1n) is 5.30. The van der Waals surface area contributed by atoms with Gasteiger partial charge in [-0.2, -0.15) is 5.10 Å². The Morgan fingerprint density at radius 2 is 1.95 bits per heavy atom. The number of nitrogens with one attached hydrogen (secondary N) is 2. The van der Waals surface area contributed by atoms with Crippen LogP contribution in [0.1, 0.15) is 11.4 Å². The third-order valence-corrected chi connectivity index (χ3v) is 4.68. The summed E-state index contributed by atoms with van der Waals surface area (Å²) in [7, 11) is -3.74. The van der Waals surface area contributed by atoms with Crippen LogP contribution in [0.25, 0.3) is 0 Å².